The number of aromatic nitrogens is 2. The van der Waals surface area contributed by atoms with Gasteiger partial charge in [0, 0.05) is 30.6 Å². The van der Waals surface area contributed by atoms with Crippen LogP contribution in [0, 0.1) is 29.5 Å². The molecule has 3 aliphatic rings. The molecular weight excluding hydrogens is 453 g/mol. The van der Waals surface area contributed by atoms with Crippen molar-refractivity contribution >= 4 is 11.6 Å². The van der Waals surface area contributed by atoms with Crippen molar-refractivity contribution in [1.29, 1.82) is 0 Å². The SMILES string of the molecule is O=C(O)C(CC1CC1)C1C[C@H](CN2CCC(c3cnc4ccccn34)CC2)[C@@H](c2cccc(F)c2)C1. The quantitative estimate of drug-likeness (QED) is 0.424. The van der Waals surface area contributed by atoms with Gasteiger partial charge in [0.25, 0.3) is 0 Å². The van der Waals surface area contributed by atoms with Crippen LogP contribution in [0.3, 0.4) is 0 Å². The third kappa shape index (κ3) is 4.93. The third-order valence-corrected chi connectivity index (χ3v) is 9.12. The highest BCUT2D eigenvalue weighted by Crippen LogP contribution is 2.49. The van der Waals surface area contributed by atoms with E-state index in [1.165, 1.54) is 24.6 Å². The van der Waals surface area contributed by atoms with Crippen LogP contribution in [0.4, 0.5) is 4.39 Å². The van der Waals surface area contributed by atoms with Crippen molar-refractivity contribution in [1.82, 2.24) is 14.3 Å². The summed E-state index contributed by atoms with van der Waals surface area (Å²) < 4.78 is 16.4. The van der Waals surface area contributed by atoms with Crippen LogP contribution < -0.4 is 0 Å². The van der Waals surface area contributed by atoms with E-state index in [2.05, 4.69) is 32.6 Å². The highest BCUT2D eigenvalue weighted by Gasteiger charge is 2.43. The molecule has 5 nitrogen and oxygen atoms in total. The third-order valence-electron chi connectivity index (χ3n) is 9.12. The second-order valence-corrected chi connectivity index (χ2v) is 11.5. The summed E-state index contributed by atoms with van der Waals surface area (Å²) in [7, 11) is 0. The van der Waals surface area contributed by atoms with Crippen LogP contribution >= 0.6 is 0 Å². The summed E-state index contributed by atoms with van der Waals surface area (Å²) in [6, 6.07) is 13.2. The fourth-order valence-electron chi connectivity index (χ4n) is 7.05. The van der Waals surface area contributed by atoms with E-state index >= 15 is 0 Å². The molecule has 6 heteroatoms. The number of imidazole rings is 1. The summed E-state index contributed by atoms with van der Waals surface area (Å²) in [6.07, 6.45) is 11.3. The lowest BCUT2D eigenvalue weighted by Crippen LogP contribution is -2.37. The fraction of sp³-hybridized carbons (Fsp3) is 0.533. The predicted molar refractivity (Wildman–Crippen MR) is 137 cm³/mol. The first-order valence-corrected chi connectivity index (χ1v) is 13.7. The monoisotopic (exact) mass is 489 g/mol. The molecule has 0 spiro atoms. The Balaban J connectivity index is 1.15. The number of carboxylic acid groups (broad SMARTS) is 1. The molecule has 6 rings (SSSR count). The summed E-state index contributed by atoms with van der Waals surface area (Å²) in [5.74, 6) is 0.765. The van der Waals surface area contributed by atoms with Crippen LogP contribution in [-0.4, -0.2) is 45.0 Å². The second kappa shape index (κ2) is 9.97. The van der Waals surface area contributed by atoms with Crippen LogP contribution in [-0.2, 0) is 4.79 Å². The molecular formula is C30H36FN3O2. The first-order chi connectivity index (χ1) is 17.5. The van der Waals surface area contributed by atoms with Gasteiger partial charge in [0.2, 0.25) is 0 Å². The molecule has 0 radical (unpaired) electrons. The van der Waals surface area contributed by atoms with Crippen LogP contribution in [0.25, 0.3) is 5.65 Å². The maximum Gasteiger partial charge on any atom is 0.306 e. The number of aliphatic carboxylic acids is 1. The molecule has 1 N–H and O–H groups in total. The van der Waals surface area contributed by atoms with Crippen LogP contribution in [0.1, 0.15) is 68.0 Å². The molecule has 0 bridgehead atoms. The Hall–Kier alpha value is -2.73. The number of nitrogens with zero attached hydrogens (tertiary/aromatic N) is 3. The standard InChI is InChI=1S/C30H36FN3O2/c31-25-5-3-4-22(16-25)26-17-23(27(30(35)36)14-20-7-8-20)15-24(26)19-33-12-9-21(10-13-33)28-18-32-29-6-1-2-11-34(28)29/h1-6,11,16,18,20-21,23-24,26-27H,7-10,12-15,17,19H2,(H,35,36)/t23?,24-,26-,27?/m1/s1. The molecule has 2 aliphatic carbocycles. The van der Waals surface area contributed by atoms with Crippen molar-refractivity contribution in [3.63, 3.8) is 0 Å². The maximum absolute atomic E-state index is 14.1. The number of carbonyl (C=O) groups is 1. The molecule has 2 saturated carbocycles. The number of halogens is 1. The van der Waals surface area contributed by atoms with Crippen molar-refractivity contribution in [2.45, 2.75) is 56.8 Å². The molecule has 3 fully saturated rings. The van der Waals surface area contributed by atoms with E-state index in [1.807, 2.05) is 18.3 Å². The molecule has 4 atom stereocenters. The summed E-state index contributed by atoms with van der Waals surface area (Å²) in [4.78, 5) is 19.4. The van der Waals surface area contributed by atoms with Crippen molar-refractivity contribution in [2.24, 2.45) is 23.7 Å². The van der Waals surface area contributed by atoms with Gasteiger partial charge in [-0.15, -0.1) is 0 Å². The first-order valence-electron chi connectivity index (χ1n) is 13.7. The summed E-state index contributed by atoms with van der Waals surface area (Å²) >= 11 is 0. The van der Waals surface area contributed by atoms with Gasteiger partial charge in [0.15, 0.2) is 0 Å². The fourth-order valence-corrected chi connectivity index (χ4v) is 7.05. The Bertz CT molecular complexity index is 1210. The largest absolute Gasteiger partial charge is 0.481 e. The summed E-state index contributed by atoms with van der Waals surface area (Å²) in [5.41, 5.74) is 3.34. The minimum absolute atomic E-state index is 0.178. The number of carboxylic acids is 1. The van der Waals surface area contributed by atoms with E-state index in [-0.39, 0.29) is 23.6 Å². The number of piperidine rings is 1. The molecule has 2 unspecified atom stereocenters. The van der Waals surface area contributed by atoms with Gasteiger partial charge in [-0.1, -0.05) is 31.0 Å². The molecule has 2 aromatic heterocycles. The summed E-state index contributed by atoms with van der Waals surface area (Å²) in [5, 5.41) is 10.0. The number of hydrogen-bond donors (Lipinski definition) is 1. The Morgan fingerprint density at radius 2 is 1.92 bits per heavy atom. The number of likely N-dealkylation sites (tertiary alicyclic amines) is 1. The minimum Gasteiger partial charge on any atom is -0.481 e. The van der Waals surface area contributed by atoms with Crippen LogP contribution in [0.15, 0.2) is 54.9 Å². The normalized spacial score (nSPS) is 26.4. The van der Waals surface area contributed by atoms with E-state index in [0.29, 0.717) is 17.8 Å². The number of fused-ring (bicyclic) bond motifs is 1. The van der Waals surface area contributed by atoms with Crippen molar-refractivity contribution in [3.05, 3.63) is 71.9 Å². The molecule has 0 amide bonds. The van der Waals surface area contributed by atoms with Crippen LogP contribution in [0.2, 0.25) is 0 Å². The van der Waals surface area contributed by atoms with Gasteiger partial charge in [-0.3, -0.25) is 4.79 Å². The zero-order valence-electron chi connectivity index (χ0n) is 20.8. The highest BCUT2D eigenvalue weighted by atomic mass is 19.1. The Labute approximate surface area is 212 Å². The molecule has 1 aromatic carbocycles. The Morgan fingerprint density at radius 3 is 2.67 bits per heavy atom. The lowest BCUT2D eigenvalue weighted by molar-refractivity contribution is -0.144. The van der Waals surface area contributed by atoms with Gasteiger partial charge in [0.1, 0.15) is 11.5 Å². The maximum atomic E-state index is 14.1. The van der Waals surface area contributed by atoms with Crippen molar-refractivity contribution in [2.75, 3.05) is 19.6 Å². The molecule has 1 saturated heterocycles. The number of pyridine rings is 1. The molecule has 3 aromatic rings. The lowest BCUT2D eigenvalue weighted by Gasteiger charge is -2.35. The average Bonchev–Trinajstić information content (AvgIpc) is 3.46. The molecule has 1 aliphatic heterocycles. The molecule has 190 valence electrons. The van der Waals surface area contributed by atoms with Gasteiger partial charge < -0.3 is 14.4 Å². The highest BCUT2D eigenvalue weighted by molar-refractivity contribution is 5.70. The van der Waals surface area contributed by atoms with Crippen molar-refractivity contribution in [3.8, 4) is 0 Å². The molecule has 3 heterocycles. The zero-order chi connectivity index (χ0) is 24.6. The van der Waals surface area contributed by atoms with Gasteiger partial charge in [-0.25, -0.2) is 9.37 Å². The lowest BCUT2D eigenvalue weighted by atomic mass is 9.85. The number of rotatable bonds is 8. The van der Waals surface area contributed by atoms with E-state index < -0.39 is 5.97 Å². The Morgan fingerprint density at radius 1 is 1.08 bits per heavy atom. The summed E-state index contributed by atoms with van der Waals surface area (Å²) in [6.45, 7) is 3.03. The topological polar surface area (TPSA) is 57.8 Å². The van der Waals surface area contributed by atoms with E-state index in [1.54, 1.807) is 12.1 Å². The molecule has 36 heavy (non-hydrogen) atoms. The van der Waals surface area contributed by atoms with Gasteiger partial charge >= 0.3 is 5.97 Å². The second-order valence-electron chi connectivity index (χ2n) is 11.5. The van der Waals surface area contributed by atoms with Crippen molar-refractivity contribution < 1.29 is 14.3 Å². The number of benzene rings is 1. The number of hydrogen-bond acceptors (Lipinski definition) is 3. The minimum atomic E-state index is -0.639. The van der Waals surface area contributed by atoms with E-state index in [0.717, 1.165) is 62.9 Å². The predicted octanol–water partition coefficient (Wildman–Crippen LogP) is 5.96. The van der Waals surface area contributed by atoms with E-state index in [4.69, 9.17) is 0 Å². The van der Waals surface area contributed by atoms with Gasteiger partial charge in [0.05, 0.1) is 5.92 Å². The first kappa shape index (κ1) is 23.7. The smallest absolute Gasteiger partial charge is 0.306 e. The Kier molecular flexibility index (Phi) is 6.55. The van der Waals surface area contributed by atoms with Crippen LogP contribution in [0.5, 0.6) is 0 Å². The zero-order valence-corrected chi connectivity index (χ0v) is 20.8. The average molecular weight is 490 g/mol. The van der Waals surface area contributed by atoms with Gasteiger partial charge in [-0.05, 0) is 98.7 Å². The van der Waals surface area contributed by atoms with Gasteiger partial charge in [-0.2, -0.15) is 0 Å². The van der Waals surface area contributed by atoms with E-state index in [9.17, 15) is 14.3 Å².